The highest BCUT2D eigenvalue weighted by Crippen LogP contribution is 2.36. The SMILES string of the molecule is N#Cc1ccc(-c2cc(-c3cc(-c4ccccc4)cc(-c4ccccc4)n3)cc(-c3nc(-c4ccccc4)cc(-c4ccccc4)n3)c2)cc1. The predicted octanol–water partition coefficient (Wildman–Crippen LogP) is 11.4. The fraction of sp³-hybridized carbons (Fsp3) is 0. The number of nitriles is 1. The maximum atomic E-state index is 9.49. The van der Waals surface area contributed by atoms with Crippen molar-refractivity contribution in [2.45, 2.75) is 0 Å². The van der Waals surface area contributed by atoms with Gasteiger partial charge in [0.05, 0.1) is 34.4 Å². The molecule has 0 fully saturated rings. The largest absolute Gasteiger partial charge is 0.248 e. The molecule has 0 aliphatic carbocycles. The van der Waals surface area contributed by atoms with Gasteiger partial charge in [-0.2, -0.15) is 5.26 Å². The summed E-state index contributed by atoms with van der Waals surface area (Å²) in [4.78, 5) is 15.5. The first-order valence-corrected chi connectivity index (χ1v) is 16.5. The second kappa shape index (κ2) is 13.6. The van der Waals surface area contributed by atoms with Gasteiger partial charge in [-0.3, -0.25) is 0 Å². The number of benzene rings is 6. The summed E-state index contributed by atoms with van der Waals surface area (Å²) in [7, 11) is 0. The quantitative estimate of drug-likeness (QED) is 0.174. The zero-order valence-corrected chi connectivity index (χ0v) is 27.1. The molecule has 0 spiro atoms. The summed E-state index contributed by atoms with van der Waals surface area (Å²) in [6.45, 7) is 0. The van der Waals surface area contributed by atoms with Gasteiger partial charge in [0.25, 0.3) is 0 Å². The third kappa shape index (κ3) is 6.44. The maximum Gasteiger partial charge on any atom is 0.160 e. The highest BCUT2D eigenvalue weighted by Gasteiger charge is 2.16. The van der Waals surface area contributed by atoms with Gasteiger partial charge in [0.1, 0.15) is 0 Å². The highest BCUT2D eigenvalue weighted by atomic mass is 14.9. The van der Waals surface area contributed by atoms with E-state index >= 15 is 0 Å². The van der Waals surface area contributed by atoms with Crippen LogP contribution in [-0.4, -0.2) is 15.0 Å². The molecule has 234 valence electrons. The van der Waals surface area contributed by atoms with Crippen molar-refractivity contribution in [1.29, 1.82) is 5.26 Å². The topological polar surface area (TPSA) is 62.5 Å². The first kappa shape index (κ1) is 30.4. The Bertz CT molecular complexity index is 2190. The van der Waals surface area contributed by atoms with Gasteiger partial charge in [-0.15, -0.1) is 0 Å². The van der Waals surface area contributed by atoms with E-state index in [0.29, 0.717) is 11.4 Å². The van der Waals surface area contributed by atoms with Crippen LogP contribution in [0.2, 0.25) is 0 Å². The average Bonchev–Trinajstić information content (AvgIpc) is 3.21. The predicted molar refractivity (Wildman–Crippen MR) is 203 cm³/mol. The summed E-state index contributed by atoms with van der Waals surface area (Å²) in [6, 6.07) is 63.8. The van der Waals surface area contributed by atoms with Crippen LogP contribution in [0.3, 0.4) is 0 Å². The molecular formula is C46H30N4. The summed E-state index contributed by atoms with van der Waals surface area (Å²) in [5.41, 5.74) is 13.1. The van der Waals surface area contributed by atoms with Crippen LogP contribution < -0.4 is 0 Å². The number of aromatic nitrogens is 3. The molecule has 4 heteroatoms. The van der Waals surface area contributed by atoms with Crippen molar-refractivity contribution < 1.29 is 0 Å². The standard InChI is InChI=1S/C46H30N4/c47-31-32-21-23-34(24-22-32)38-25-40(43-29-39(33-13-5-1-6-14-33)28-42(48-43)35-15-7-2-8-16-35)27-41(26-38)46-49-44(36-17-9-3-10-18-36)30-45(50-46)37-19-11-4-12-20-37/h1-30H. The molecule has 0 atom stereocenters. The van der Waals surface area contributed by atoms with Gasteiger partial charge < -0.3 is 0 Å². The van der Waals surface area contributed by atoms with Crippen LogP contribution in [0.5, 0.6) is 0 Å². The molecule has 6 aromatic carbocycles. The molecule has 0 aliphatic heterocycles. The molecule has 2 heterocycles. The van der Waals surface area contributed by atoms with E-state index in [1.165, 1.54) is 0 Å². The number of pyridine rings is 1. The number of hydrogen-bond acceptors (Lipinski definition) is 4. The number of rotatable bonds is 7. The smallest absolute Gasteiger partial charge is 0.160 e. The van der Waals surface area contributed by atoms with Crippen molar-refractivity contribution >= 4 is 0 Å². The van der Waals surface area contributed by atoms with E-state index in [-0.39, 0.29) is 0 Å². The normalized spacial score (nSPS) is 10.8. The van der Waals surface area contributed by atoms with Crippen molar-refractivity contribution in [3.8, 4) is 84.7 Å². The molecule has 2 aromatic heterocycles. The Kier molecular flexibility index (Phi) is 8.29. The van der Waals surface area contributed by atoms with Gasteiger partial charge >= 0.3 is 0 Å². The molecule has 0 N–H and O–H groups in total. The van der Waals surface area contributed by atoms with Gasteiger partial charge in [0.15, 0.2) is 5.82 Å². The van der Waals surface area contributed by atoms with Gasteiger partial charge in [-0.05, 0) is 70.8 Å². The van der Waals surface area contributed by atoms with Crippen LogP contribution in [0.15, 0.2) is 182 Å². The molecule has 8 aromatic rings. The first-order chi connectivity index (χ1) is 24.7. The highest BCUT2D eigenvalue weighted by molar-refractivity contribution is 5.83. The van der Waals surface area contributed by atoms with E-state index in [9.17, 15) is 5.26 Å². The summed E-state index contributed by atoms with van der Waals surface area (Å²) < 4.78 is 0. The van der Waals surface area contributed by atoms with Crippen molar-refractivity contribution in [2.24, 2.45) is 0 Å². The average molecular weight is 639 g/mol. The maximum absolute atomic E-state index is 9.49. The molecular weight excluding hydrogens is 609 g/mol. The lowest BCUT2D eigenvalue weighted by atomic mass is 9.95. The third-order valence-corrected chi connectivity index (χ3v) is 8.70. The van der Waals surface area contributed by atoms with Crippen molar-refractivity contribution in [2.75, 3.05) is 0 Å². The molecule has 0 saturated heterocycles. The first-order valence-electron chi connectivity index (χ1n) is 16.5. The van der Waals surface area contributed by atoms with E-state index in [1.807, 2.05) is 84.9 Å². The fourth-order valence-corrected chi connectivity index (χ4v) is 6.13. The Hall–Kier alpha value is -6.96. The minimum Gasteiger partial charge on any atom is -0.248 e. The van der Waals surface area contributed by atoms with Crippen LogP contribution in [-0.2, 0) is 0 Å². The van der Waals surface area contributed by atoms with E-state index in [2.05, 4.69) is 103 Å². The Morgan fingerprint density at radius 3 is 1.18 bits per heavy atom. The lowest BCUT2D eigenvalue weighted by Gasteiger charge is -2.14. The van der Waals surface area contributed by atoms with Crippen molar-refractivity contribution in [1.82, 2.24) is 15.0 Å². The zero-order valence-electron chi connectivity index (χ0n) is 27.1. The van der Waals surface area contributed by atoms with Crippen LogP contribution in [0.1, 0.15) is 5.56 Å². The molecule has 0 saturated carbocycles. The van der Waals surface area contributed by atoms with Crippen LogP contribution in [0.25, 0.3) is 78.7 Å². The molecule has 8 rings (SSSR count). The van der Waals surface area contributed by atoms with Crippen LogP contribution >= 0.6 is 0 Å². The molecule has 0 bridgehead atoms. The molecule has 0 aliphatic rings. The summed E-state index contributed by atoms with van der Waals surface area (Å²) >= 11 is 0. The lowest BCUT2D eigenvalue weighted by molar-refractivity contribution is 1.18. The zero-order chi connectivity index (χ0) is 33.7. The van der Waals surface area contributed by atoms with E-state index < -0.39 is 0 Å². The minimum atomic E-state index is 0.612. The second-order valence-corrected chi connectivity index (χ2v) is 12.0. The Morgan fingerprint density at radius 2 is 0.680 bits per heavy atom. The van der Waals surface area contributed by atoms with Gasteiger partial charge in [-0.1, -0.05) is 133 Å². The van der Waals surface area contributed by atoms with Gasteiger partial charge in [0.2, 0.25) is 0 Å². The monoisotopic (exact) mass is 638 g/mol. The second-order valence-electron chi connectivity index (χ2n) is 12.0. The Balaban J connectivity index is 1.37. The van der Waals surface area contributed by atoms with Crippen LogP contribution in [0.4, 0.5) is 0 Å². The van der Waals surface area contributed by atoms with Crippen molar-refractivity contribution in [3.63, 3.8) is 0 Å². The van der Waals surface area contributed by atoms with E-state index in [0.717, 1.165) is 72.8 Å². The van der Waals surface area contributed by atoms with E-state index in [1.54, 1.807) is 0 Å². The summed E-state index contributed by atoms with van der Waals surface area (Å²) in [5.74, 6) is 0.615. The molecule has 0 amide bonds. The molecule has 0 radical (unpaired) electrons. The molecule has 0 unspecified atom stereocenters. The number of nitrogens with zero attached hydrogens (tertiary/aromatic N) is 4. The van der Waals surface area contributed by atoms with Crippen molar-refractivity contribution in [3.05, 3.63) is 188 Å². The molecule has 4 nitrogen and oxygen atoms in total. The minimum absolute atomic E-state index is 0.612. The summed E-state index contributed by atoms with van der Waals surface area (Å²) in [6.07, 6.45) is 0. The Labute approximate surface area is 291 Å². The third-order valence-electron chi connectivity index (χ3n) is 8.70. The van der Waals surface area contributed by atoms with Gasteiger partial charge in [-0.25, -0.2) is 15.0 Å². The number of hydrogen-bond donors (Lipinski definition) is 0. The van der Waals surface area contributed by atoms with E-state index in [4.69, 9.17) is 15.0 Å². The summed E-state index contributed by atoms with van der Waals surface area (Å²) in [5, 5.41) is 9.49. The molecule has 50 heavy (non-hydrogen) atoms. The van der Waals surface area contributed by atoms with Crippen LogP contribution in [0, 0.1) is 11.3 Å². The van der Waals surface area contributed by atoms with Gasteiger partial charge in [0, 0.05) is 27.8 Å². The Morgan fingerprint density at radius 1 is 0.300 bits per heavy atom. The fourth-order valence-electron chi connectivity index (χ4n) is 6.13. The lowest BCUT2D eigenvalue weighted by Crippen LogP contribution is -1.97.